The largest absolute Gasteiger partial charge is 0.323 e. The number of allylic oxidation sites excluding steroid dienone is 2. The Labute approximate surface area is 90.3 Å². The van der Waals surface area contributed by atoms with Gasteiger partial charge in [-0.05, 0) is 18.1 Å². The molecule has 0 aromatic heterocycles. The molecule has 2 heteroatoms. The van der Waals surface area contributed by atoms with Gasteiger partial charge >= 0.3 is 0 Å². The zero-order valence-electron chi connectivity index (χ0n) is 8.85. The molecule has 0 aliphatic heterocycles. The molecular formula is C13H16N2. The summed E-state index contributed by atoms with van der Waals surface area (Å²) in [4.78, 5) is 0. The minimum Gasteiger partial charge on any atom is -0.323 e. The average molecular weight is 200 g/mol. The molecule has 1 aromatic carbocycles. The molecule has 0 saturated carbocycles. The maximum Gasteiger partial charge on any atom is 0.0576 e. The third kappa shape index (κ3) is 1.74. The first-order valence-corrected chi connectivity index (χ1v) is 5.11. The van der Waals surface area contributed by atoms with Gasteiger partial charge in [0.05, 0.1) is 5.54 Å². The summed E-state index contributed by atoms with van der Waals surface area (Å²) in [5.74, 6) is 0. The van der Waals surface area contributed by atoms with Gasteiger partial charge in [-0.25, -0.2) is 0 Å². The van der Waals surface area contributed by atoms with E-state index in [1.165, 1.54) is 0 Å². The highest BCUT2D eigenvalue weighted by Crippen LogP contribution is 2.30. The van der Waals surface area contributed by atoms with Crippen molar-refractivity contribution in [3.05, 3.63) is 54.1 Å². The van der Waals surface area contributed by atoms with Crippen LogP contribution < -0.4 is 11.5 Å². The molecule has 2 unspecified atom stereocenters. The highest BCUT2D eigenvalue weighted by Gasteiger charge is 2.31. The summed E-state index contributed by atoms with van der Waals surface area (Å²) in [5.41, 5.74) is 14.0. The summed E-state index contributed by atoms with van der Waals surface area (Å²) >= 11 is 0. The molecule has 78 valence electrons. The predicted molar refractivity (Wildman–Crippen MR) is 64.1 cm³/mol. The Bertz CT molecular complexity index is 402. The minimum atomic E-state index is -0.490. The second-order valence-electron chi connectivity index (χ2n) is 4.14. The van der Waals surface area contributed by atoms with Crippen molar-refractivity contribution >= 4 is 5.57 Å². The molecule has 2 atom stereocenters. The molecule has 1 aliphatic rings. The van der Waals surface area contributed by atoms with Crippen LogP contribution >= 0.6 is 0 Å². The van der Waals surface area contributed by atoms with Crippen molar-refractivity contribution in [2.45, 2.75) is 18.5 Å². The molecule has 0 radical (unpaired) electrons. The maximum absolute atomic E-state index is 6.25. The molecule has 4 N–H and O–H groups in total. The molecule has 15 heavy (non-hydrogen) atoms. The van der Waals surface area contributed by atoms with Crippen LogP contribution in [0.3, 0.4) is 0 Å². The third-order valence-electron chi connectivity index (χ3n) is 2.94. The van der Waals surface area contributed by atoms with Crippen LogP contribution in [0.15, 0.2) is 48.6 Å². The first-order valence-electron chi connectivity index (χ1n) is 5.11. The van der Waals surface area contributed by atoms with E-state index in [1.807, 2.05) is 43.4 Å². The van der Waals surface area contributed by atoms with Crippen LogP contribution in [0, 0.1) is 0 Å². The molecule has 0 amide bonds. The van der Waals surface area contributed by atoms with E-state index in [-0.39, 0.29) is 6.04 Å². The van der Waals surface area contributed by atoms with Crippen molar-refractivity contribution in [2.75, 3.05) is 0 Å². The first-order chi connectivity index (χ1) is 7.12. The van der Waals surface area contributed by atoms with Crippen molar-refractivity contribution in [1.29, 1.82) is 0 Å². The second-order valence-corrected chi connectivity index (χ2v) is 4.14. The van der Waals surface area contributed by atoms with E-state index in [0.717, 1.165) is 11.1 Å². The Hall–Kier alpha value is -1.38. The van der Waals surface area contributed by atoms with Gasteiger partial charge < -0.3 is 11.5 Å². The normalized spacial score (nSPS) is 30.1. The lowest BCUT2D eigenvalue weighted by Gasteiger charge is -2.34. The monoisotopic (exact) mass is 200 g/mol. The Balaban J connectivity index is 2.45. The number of nitrogens with two attached hydrogens (primary N) is 2. The summed E-state index contributed by atoms with van der Waals surface area (Å²) in [5, 5.41) is 0. The van der Waals surface area contributed by atoms with Crippen molar-refractivity contribution < 1.29 is 0 Å². The zero-order chi connectivity index (χ0) is 10.9. The minimum absolute atomic E-state index is 0.127. The molecule has 0 heterocycles. The van der Waals surface area contributed by atoms with Gasteiger partial charge in [0.25, 0.3) is 0 Å². The van der Waals surface area contributed by atoms with Crippen LogP contribution in [0.2, 0.25) is 0 Å². The molecule has 1 aliphatic carbocycles. The number of hydrogen-bond donors (Lipinski definition) is 2. The van der Waals surface area contributed by atoms with E-state index in [4.69, 9.17) is 11.5 Å². The topological polar surface area (TPSA) is 52.0 Å². The SMILES string of the molecule is CC1(N)C(c2ccccc2)=CC=CC1N. The first kappa shape index (κ1) is 10.1. The maximum atomic E-state index is 6.25. The van der Waals surface area contributed by atoms with Gasteiger partial charge in [0.15, 0.2) is 0 Å². The fraction of sp³-hybridized carbons (Fsp3) is 0.231. The van der Waals surface area contributed by atoms with Crippen molar-refractivity contribution in [3.8, 4) is 0 Å². The highest BCUT2D eigenvalue weighted by atomic mass is 14.8. The standard InChI is InChI=1S/C13H16N2/c1-13(15)11(8-5-9-12(13)14)10-6-3-2-4-7-10/h2-9,12H,14-15H2,1H3. The van der Waals surface area contributed by atoms with E-state index in [9.17, 15) is 0 Å². The van der Waals surface area contributed by atoms with Gasteiger partial charge in [-0.2, -0.15) is 0 Å². The quantitative estimate of drug-likeness (QED) is 0.724. The summed E-state index contributed by atoms with van der Waals surface area (Å²) in [6.07, 6.45) is 5.95. The number of rotatable bonds is 1. The Kier molecular flexibility index (Phi) is 2.47. The van der Waals surface area contributed by atoms with Crippen molar-refractivity contribution in [3.63, 3.8) is 0 Å². The fourth-order valence-corrected chi connectivity index (χ4v) is 1.86. The van der Waals surface area contributed by atoms with E-state index in [2.05, 4.69) is 12.1 Å². The molecule has 1 aromatic rings. The average Bonchev–Trinajstić information content (AvgIpc) is 2.23. The van der Waals surface area contributed by atoms with Crippen LogP contribution in [-0.4, -0.2) is 11.6 Å². The Morgan fingerprint density at radius 1 is 1.20 bits per heavy atom. The van der Waals surface area contributed by atoms with Gasteiger partial charge in [0.2, 0.25) is 0 Å². The van der Waals surface area contributed by atoms with Gasteiger partial charge in [0, 0.05) is 6.04 Å². The van der Waals surface area contributed by atoms with Crippen LogP contribution in [-0.2, 0) is 0 Å². The van der Waals surface area contributed by atoms with E-state index in [0.29, 0.717) is 0 Å². The lowest BCUT2D eigenvalue weighted by atomic mass is 9.79. The highest BCUT2D eigenvalue weighted by molar-refractivity contribution is 5.76. The van der Waals surface area contributed by atoms with Gasteiger partial charge in [-0.15, -0.1) is 0 Å². The van der Waals surface area contributed by atoms with Crippen LogP contribution in [0.1, 0.15) is 12.5 Å². The van der Waals surface area contributed by atoms with Crippen molar-refractivity contribution in [2.24, 2.45) is 11.5 Å². The van der Waals surface area contributed by atoms with Gasteiger partial charge in [0.1, 0.15) is 0 Å². The number of benzene rings is 1. The smallest absolute Gasteiger partial charge is 0.0576 e. The third-order valence-corrected chi connectivity index (χ3v) is 2.94. The molecule has 2 rings (SSSR count). The second kappa shape index (κ2) is 3.65. The zero-order valence-corrected chi connectivity index (χ0v) is 8.85. The molecule has 0 saturated heterocycles. The summed E-state index contributed by atoms with van der Waals surface area (Å²) < 4.78 is 0. The molecule has 2 nitrogen and oxygen atoms in total. The van der Waals surface area contributed by atoms with E-state index < -0.39 is 5.54 Å². The Morgan fingerprint density at radius 2 is 1.87 bits per heavy atom. The molecular weight excluding hydrogens is 184 g/mol. The number of hydrogen-bond acceptors (Lipinski definition) is 2. The van der Waals surface area contributed by atoms with E-state index >= 15 is 0 Å². The van der Waals surface area contributed by atoms with Crippen LogP contribution in [0.5, 0.6) is 0 Å². The molecule has 0 bridgehead atoms. The summed E-state index contributed by atoms with van der Waals surface area (Å²) in [6.45, 7) is 1.97. The summed E-state index contributed by atoms with van der Waals surface area (Å²) in [6, 6.07) is 10.0. The van der Waals surface area contributed by atoms with Gasteiger partial charge in [-0.3, -0.25) is 0 Å². The van der Waals surface area contributed by atoms with Gasteiger partial charge in [-0.1, -0.05) is 48.6 Å². The predicted octanol–water partition coefficient (Wildman–Crippen LogP) is 1.68. The molecule has 0 spiro atoms. The van der Waals surface area contributed by atoms with Crippen LogP contribution in [0.4, 0.5) is 0 Å². The van der Waals surface area contributed by atoms with Crippen molar-refractivity contribution in [1.82, 2.24) is 0 Å². The lowest BCUT2D eigenvalue weighted by molar-refractivity contribution is 0.531. The van der Waals surface area contributed by atoms with Crippen LogP contribution in [0.25, 0.3) is 5.57 Å². The summed E-state index contributed by atoms with van der Waals surface area (Å²) in [7, 11) is 0. The fourth-order valence-electron chi connectivity index (χ4n) is 1.86. The van der Waals surface area contributed by atoms with E-state index in [1.54, 1.807) is 0 Å². The lowest BCUT2D eigenvalue weighted by Crippen LogP contribution is -2.53. The Morgan fingerprint density at radius 3 is 2.53 bits per heavy atom. The molecule has 0 fully saturated rings.